The number of nitrogens with zero attached hydrogens (tertiary/aromatic N) is 3. The van der Waals surface area contributed by atoms with Gasteiger partial charge in [0.05, 0.1) is 0 Å². The van der Waals surface area contributed by atoms with E-state index in [0.29, 0.717) is 11.5 Å². The molecule has 1 saturated carbocycles. The first-order valence-electron chi connectivity index (χ1n) is 9.93. The second-order valence-corrected chi connectivity index (χ2v) is 7.67. The molecule has 3 rings (SSSR count). The fourth-order valence-corrected chi connectivity index (χ4v) is 4.19. The number of aliphatic imine (C=N–C) groups is 1. The molecule has 1 aliphatic heterocycles. The van der Waals surface area contributed by atoms with Crippen molar-refractivity contribution >= 4 is 29.9 Å². The molecule has 0 radical (unpaired) electrons. The molecular weight excluding hydrogens is 435 g/mol. The Morgan fingerprint density at radius 2 is 1.92 bits per heavy atom. The Hall–Kier alpha value is -0.820. The second kappa shape index (κ2) is 9.93. The molecule has 0 amide bonds. The maximum Gasteiger partial charge on any atom is 0.193 e. The summed E-state index contributed by atoms with van der Waals surface area (Å²) in [6.07, 6.45) is 5.08. The van der Waals surface area contributed by atoms with E-state index < -0.39 is 0 Å². The van der Waals surface area contributed by atoms with E-state index in [1.54, 1.807) is 0 Å². The maximum absolute atomic E-state index is 4.57. The van der Waals surface area contributed by atoms with Gasteiger partial charge in [0.15, 0.2) is 5.96 Å². The lowest BCUT2D eigenvalue weighted by atomic mass is 9.96. The van der Waals surface area contributed by atoms with Crippen LogP contribution < -0.4 is 5.32 Å². The lowest BCUT2D eigenvalue weighted by molar-refractivity contribution is 0.223. The van der Waals surface area contributed by atoms with E-state index in [-0.39, 0.29) is 24.0 Å². The van der Waals surface area contributed by atoms with Gasteiger partial charge in [-0.05, 0) is 49.8 Å². The highest BCUT2D eigenvalue weighted by molar-refractivity contribution is 14.0. The van der Waals surface area contributed by atoms with Gasteiger partial charge in [0.25, 0.3) is 0 Å². The van der Waals surface area contributed by atoms with Gasteiger partial charge in [-0.25, -0.2) is 0 Å². The van der Waals surface area contributed by atoms with E-state index in [9.17, 15) is 0 Å². The number of guanidine groups is 1. The van der Waals surface area contributed by atoms with Crippen molar-refractivity contribution in [3.63, 3.8) is 0 Å². The molecule has 1 atom stereocenters. The molecule has 4 nitrogen and oxygen atoms in total. The summed E-state index contributed by atoms with van der Waals surface area (Å²) in [5.41, 5.74) is 1.90. The molecule has 5 heteroatoms. The highest BCUT2D eigenvalue weighted by Crippen LogP contribution is 2.47. The number of benzene rings is 1. The quantitative estimate of drug-likeness (QED) is 0.375. The van der Waals surface area contributed by atoms with E-state index in [0.717, 1.165) is 38.7 Å². The minimum absolute atomic E-state index is 0. The van der Waals surface area contributed by atoms with Crippen LogP contribution >= 0.6 is 24.0 Å². The molecule has 1 saturated heterocycles. The van der Waals surface area contributed by atoms with Crippen LogP contribution in [0.4, 0.5) is 0 Å². The predicted octanol–water partition coefficient (Wildman–Crippen LogP) is 3.62. The third-order valence-electron chi connectivity index (χ3n) is 6.00. The van der Waals surface area contributed by atoms with Crippen LogP contribution in [0.5, 0.6) is 0 Å². The summed E-state index contributed by atoms with van der Waals surface area (Å²) in [4.78, 5) is 9.59. The summed E-state index contributed by atoms with van der Waals surface area (Å²) >= 11 is 0. The summed E-state index contributed by atoms with van der Waals surface area (Å²) in [5.74, 6) is 1.09. The van der Waals surface area contributed by atoms with Gasteiger partial charge in [0.2, 0.25) is 0 Å². The van der Waals surface area contributed by atoms with E-state index in [4.69, 9.17) is 0 Å². The zero-order valence-electron chi connectivity index (χ0n) is 16.6. The van der Waals surface area contributed by atoms with Crippen LogP contribution in [-0.2, 0) is 6.42 Å². The van der Waals surface area contributed by atoms with Gasteiger partial charge in [-0.1, -0.05) is 44.2 Å². The topological polar surface area (TPSA) is 30.9 Å². The normalized spacial score (nSPS) is 21.6. The number of halogens is 1. The van der Waals surface area contributed by atoms with E-state index >= 15 is 0 Å². The van der Waals surface area contributed by atoms with Crippen LogP contribution in [0.2, 0.25) is 0 Å². The molecule has 1 aliphatic carbocycles. The largest absolute Gasteiger partial charge is 0.356 e. The van der Waals surface area contributed by atoms with Crippen LogP contribution in [-0.4, -0.2) is 61.6 Å². The monoisotopic (exact) mass is 470 g/mol. The molecule has 0 aromatic heterocycles. The smallest absolute Gasteiger partial charge is 0.193 e. The molecule has 2 aliphatic rings. The van der Waals surface area contributed by atoms with Gasteiger partial charge in [0.1, 0.15) is 0 Å². The van der Waals surface area contributed by atoms with Gasteiger partial charge in [0, 0.05) is 32.7 Å². The van der Waals surface area contributed by atoms with Crippen molar-refractivity contribution in [3.8, 4) is 0 Å². The molecule has 1 aromatic rings. The van der Waals surface area contributed by atoms with E-state index in [1.807, 2.05) is 7.05 Å². The number of likely N-dealkylation sites (tertiary alicyclic amines) is 1. The van der Waals surface area contributed by atoms with Crippen LogP contribution in [0.25, 0.3) is 0 Å². The van der Waals surface area contributed by atoms with Crippen molar-refractivity contribution in [1.29, 1.82) is 0 Å². The third kappa shape index (κ3) is 5.35. The minimum atomic E-state index is 0. The standard InChI is InChI=1S/C21H34N4.HI/c1-4-24(5-2)19-11-14-25(16-19)20(22-3)23-17-21(12-13-21)15-18-9-7-6-8-10-18;/h6-10,19H,4-5,11-17H2,1-3H3,(H,22,23);1H. The molecule has 2 fully saturated rings. The lowest BCUT2D eigenvalue weighted by Crippen LogP contribution is -2.44. The predicted molar refractivity (Wildman–Crippen MR) is 121 cm³/mol. The lowest BCUT2D eigenvalue weighted by Gasteiger charge is -2.28. The fraction of sp³-hybridized carbons (Fsp3) is 0.667. The zero-order chi connectivity index (χ0) is 17.7. The molecule has 0 spiro atoms. The molecule has 0 bridgehead atoms. The number of hydrogen-bond donors (Lipinski definition) is 1. The van der Waals surface area contributed by atoms with Gasteiger partial charge in [-0.3, -0.25) is 9.89 Å². The van der Waals surface area contributed by atoms with Gasteiger partial charge < -0.3 is 10.2 Å². The molecule has 1 heterocycles. The van der Waals surface area contributed by atoms with Crippen LogP contribution in [0.3, 0.4) is 0 Å². The molecule has 1 aromatic carbocycles. The first-order valence-corrected chi connectivity index (χ1v) is 9.93. The van der Waals surface area contributed by atoms with E-state index in [1.165, 1.54) is 31.2 Å². The molecule has 146 valence electrons. The van der Waals surface area contributed by atoms with Crippen LogP contribution in [0, 0.1) is 5.41 Å². The van der Waals surface area contributed by atoms with Gasteiger partial charge >= 0.3 is 0 Å². The van der Waals surface area contributed by atoms with Crippen molar-refractivity contribution < 1.29 is 0 Å². The Balaban J connectivity index is 0.00000243. The summed E-state index contributed by atoms with van der Waals surface area (Å²) in [6, 6.07) is 11.6. The van der Waals surface area contributed by atoms with Crippen LogP contribution in [0.1, 0.15) is 38.7 Å². The maximum atomic E-state index is 4.57. The van der Waals surface area contributed by atoms with Crippen molar-refractivity contribution in [2.24, 2.45) is 10.4 Å². The number of rotatable bonds is 7. The minimum Gasteiger partial charge on any atom is -0.356 e. The first kappa shape index (κ1) is 21.5. The fourth-order valence-electron chi connectivity index (χ4n) is 4.19. The Kier molecular flexibility index (Phi) is 8.20. The van der Waals surface area contributed by atoms with Crippen molar-refractivity contribution in [3.05, 3.63) is 35.9 Å². The van der Waals surface area contributed by atoms with Crippen molar-refractivity contribution in [2.45, 2.75) is 45.6 Å². The summed E-state index contributed by atoms with van der Waals surface area (Å²) in [6.45, 7) is 10.1. The average molecular weight is 470 g/mol. The molecule has 1 N–H and O–H groups in total. The second-order valence-electron chi connectivity index (χ2n) is 7.67. The Morgan fingerprint density at radius 3 is 2.50 bits per heavy atom. The number of nitrogens with one attached hydrogen (secondary N) is 1. The summed E-state index contributed by atoms with van der Waals surface area (Å²) in [7, 11) is 1.92. The number of likely N-dealkylation sites (N-methyl/N-ethyl adjacent to an activating group) is 1. The summed E-state index contributed by atoms with van der Waals surface area (Å²) < 4.78 is 0. The van der Waals surface area contributed by atoms with Gasteiger partial charge in [-0.2, -0.15) is 0 Å². The molecule has 26 heavy (non-hydrogen) atoms. The van der Waals surface area contributed by atoms with Crippen LogP contribution in [0.15, 0.2) is 35.3 Å². The number of hydrogen-bond acceptors (Lipinski definition) is 2. The molecule has 1 unspecified atom stereocenters. The third-order valence-corrected chi connectivity index (χ3v) is 6.00. The Morgan fingerprint density at radius 1 is 1.23 bits per heavy atom. The van der Waals surface area contributed by atoms with Crippen molar-refractivity contribution in [1.82, 2.24) is 15.1 Å². The zero-order valence-corrected chi connectivity index (χ0v) is 18.9. The highest BCUT2D eigenvalue weighted by atomic mass is 127. The Bertz CT molecular complexity index is 567. The van der Waals surface area contributed by atoms with Gasteiger partial charge in [-0.15, -0.1) is 24.0 Å². The summed E-state index contributed by atoms with van der Waals surface area (Å²) in [5, 5.41) is 3.69. The highest BCUT2D eigenvalue weighted by Gasteiger charge is 2.42. The van der Waals surface area contributed by atoms with Crippen molar-refractivity contribution in [2.75, 3.05) is 39.8 Å². The first-order chi connectivity index (χ1) is 12.2. The van der Waals surface area contributed by atoms with E-state index in [2.05, 4.69) is 64.3 Å². The molecular formula is C21H35IN4. The Labute approximate surface area is 176 Å². The SMILES string of the molecule is CCN(CC)C1CCN(C(=NC)NCC2(Cc3ccccc3)CC2)C1.I. The average Bonchev–Trinajstić information content (AvgIpc) is 3.23.